The number of methoxy groups -OCH3 is 1. The van der Waals surface area contributed by atoms with Gasteiger partial charge in [-0.05, 0) is 18.9 Å². The number of hydrogen-bond donors (Lipinski definition) is 2. The van der Waals surface area contributed by atoms with E-state index in [1.165, 1.54) is 25.3 Å². The van der Waals surface area contributed by atoms with Gasteiger partial charge in [-0.2, -0.15) is 0 Å². The molecule has 0 fully saturated rings. The van der Waals surface area contributed by atoms with Crippen molar-refractivity contribution in [2.24, 2.45) is 0 Å². The number of nitrogens with one attached hydrogen (secondary N) is 1. The first-order valence-electron chi connectivity index (χ1n) is 6.28. The molecule has 0 aliphatic heterocycles. The molecule has 0 aliphatic carbocycles. The van der Waals surface area contributed by atoms with Crippen LogP contribution >= 0.6 is 0 Å². The first-order chi connectivity index (χ1) is 9.54. The van der Waals surface area contributed by atoms with Crippen LogP contribution in [0.15, 0.2) is 18.2 Å². The summed E-state index contributed by atoms with van der Waals surface area (Å²) in [7, 11) is 1.35. The summed E-state index contributed by atoms with van der Waals surface area (Å²) in [5, 5.41) is 22.6. The van der Waals surface area contributed by atoms with Crippen molar-refractivity contribution in [3.63, 3.8) is 0 Å². The van der Waals surface area contributed by atoms with Crippen molar-refractivity contribution in [2.75, 3.05) is 13.7 Å². The summed E-state index contributed by atoms with van der Waals surface area (Å²) in [6, 6.07) is 3.97. The fourth-order valence-corrected chi connectivity index (χ4v) is 1.86. The lowest BCUT2D eigenvalue weighted by Gasteiger charge is -2.16. The van der Waals surface area contributed by atoms with E-state index < -0.39 is 10.8 Å². The lowest BCUT2D eigenvalue weighted by molar-refractivity contribution is -0.385. The third-order valence-electron chi connectivity index (χ3n) is 2.95. The van der Waals surface area contributed by atoms with Crippen LogP contribution in [0.2, 0.25) is 0 Å². The molecule has 0 aliphatic rings. The van der Waals surface area contributed by atoms with E-state index in [9.17, 15) is 14.9 Å². The highest BCUT2D eigenvalue weighted by Crippen LogP contribution is 2.28. The van der Waals surface area contributed by atoms with Crippen molar-refractivity contribution in [3.8, 4) is 5.75 Å². The molecule has 0 spiro atoms. The van der Waals surface area contributed by atoms with Gasteiger partial charge in [-0.25, -0.2) is 0 Å². The van der Waals surface area contributed by atoms with Gasteiger partial charge in [0, 0.05) is 18.7 Å². The van der Waals surface area contributed by atoms with Crippen LogP contribution < -0.4 is 10.1 Å². The van der Waals surface area contributed by atoms with Crippen LogP contribution in [0, 0.1) is 10.1 Å². The maximum absolute atomic E-state index is 12.2. The Morgan fingerprint density at radius 3 is 2.75 bits per heavy atom. The number of ether oxygens (including phenoxy) is 1. The topological polar surface area (TPSA) is 102 Å². The lowest BCUT2D eigenvalue weighted by atomic mass is 10.1. The largest absolute Gasteiger partial charge is 0.496 e. The fraction of sp³-hybridized carbons (Fsp3) is 0.462. The van der Waals surface area contributed by atoms with Crippen LogP contribution in [-0.2, 0) is 0 Å². The zero-order chi connectivity index (χ0) is 15.1. The van der Waals surface area contributed by atoms with Crippen molar-refractivity contribution in [2.45, 2.75) is 25.8 Å². The number of rotatable bonds is 7. The number of aliphatic hydroxyl groups is 1. The molecule has 0 saturated carbocycles. The molecule has 1 aromatic rings. The average molecular weight is 282 g/mol. The molecular weight excluding hydrogens is 264 g/mol. The van der Waals surface area contributed by atoms with Crippen LogP contribution in [0.5, 0.6) is 5.75 Å². The minimum absolute atomic E-state index is 0.0627. The first kappa shape index (κ1) is 15.9. The highest BCUT2D eigenvalue weighted by atomic mass is 16.6. The number of nitro groups is 1. The second-order valence-corrected chi connectivity index (χ2v) is 4.20. The Morgan fingerprint density at radius 1 is 1.55 bits per heavy atom. The maximum atomic E-state index is 12.2. The molecule has 7 nitrogen and oxygen atoms in total. The SMILES string of the molecule is CCC(CCO)NC(=O)c1c(OC)cccc1[N+](=O)[O-]. The molecule has 20 heavy (non-hydrogen) atoms. The molecule has 0 heterocycles. The maximum Gasteiger partial charge on any atom is 0.285 e. The summed E-state index contributed by atoms with van der Waals surface area (Å²) in [5.41, 5.74) is -0.405. The molecule has 0 aromatic heterocycles. The predicted octanol–water partition coefficient (Wildman–Crippen LogP) is 1.49. The van der Waals surface area contributed by atoms with Crippen molar-refractivity contribution in [3.05, 3.63) is 33.9 Å². The van der Waals surface area contributed by atoms with Gasteiger partial charge in [-0.15, -0.1) is 0 Å². The van der Waals surface area contributed by atoms with E-state index in [0.717, 1.165) is 0 Å². The number of aliphatic hydroxyl groups excluding tert-OH is 1. The average Bonchev–Trinajstić information content (AvgIpc) is 2.45. The number of carbonyl (C=O) groups excluding carboxylic acids is 1. The van der Waals surface area contributed by atoms with Gasteiger partial charge < -0.3 is 15.2 Å². The molecule has 7 heteroatoms. The molecule has 0 saturated heterocycles. The van der Waals surface area contributed by atoms with Gasteiger partial charge in [-0.1, -0.05) is 13.0 Å². The van der Waals surface area contributed by atoms with Gasteiger partial charge >= 0.3 is 0 Å². The van der Waals surface area contributed by atoms with E-state index in [2.05, 4.69) is 5.32 Å². The fourth-order valence-electron chi connectivity index (χ4n) is 1.86. The molecule has 110 valence electrons. The standard InChI is InChI=1S/C13H18N2O5/c1-3-9(7-8-16)14-13(17)12-10(15(18)19)5-4-6-11(12)20-2/h4-6,9,16H,3,7-8H2,1-2H3,(H,14,17). The van der Waals surface area contributed by atoms with Crippen molar-refractivity contribution < 1.29 is 19.6 Å². The van der Waals surface area contributed by atoms with E-state index in [1.807, 2.05) is 6.92 Å². The van der Waals surface area contributed by atoms with Gasteiger partial charge in [0.05, 0.1) is 12.0 Å². The summed E-state index contributed by atoms with van der Waals surface area (Å²) in [5.74, 6) is -0.426. The smallest absolute Gasteiger partial charge is 0.285 e. The lowest BCUT2D eigenvalue weighted by Crippen LogP contribution is -2.35. The number of nitrogens with zero attached hydrogens (tertiary/aromatic N) is 1. The highest BCUT2D eigenvalue weighted by Gasteiger charge is 2.26. The number of hydrogen-bond acceptors (Lipinski definition) is 5. The van der Waals surface area contributed by atoms with Crippen LogP contribution in [0.1, 0.15) is 30.1 Å². The molecule has 1 unspecified atom stereocenters. The summed E-state index contributed by atoms with van der Waals surface area (Å²) >= 11 is 0. The van der Waals surface area contributed by atoms with Crippen LogP contribution in [0.25, 0.3) is 0 Å². The Kier molecular flexibility index (Phi) is 5.92. The van der Waals surface area contributed by atoms with Crippen molar-refractivity contribution in [1.82, 2.24) is 5.32 Å². The van der Waals surface area contributed by atoms with Crippen LogP contribution in [0.3, 0.4) is 0 Å². The van der Waals surface area contributed by atoms with E-state index in [-0.39, 0.29) is 29.6 Å². The highest BCUT2D eigenvalue weighted by molar-refractivity contribution is 6.01. The van der Waals surface area contributed by atoms with Crippen molar-refractivity contribution in [1.29, 1.82) is 0 Å². The molecular formula is C13H18N2O5. The Hall–Kier alpha value is -2.15. The zero-order valence-electron chi connectivity index (χ0n) is 11.5. The van der Waals surface area contributed by atoms with Gasteiger partial charge in [0.25, 0.3) is 11.6 Å². The first-order valence-corrected chi connectivity index (χ1v) is 6.28. The minimum atomic E-state index is -0.621. The third kappa shape index (κ3) is 3.67. The summed E-state index contributed by atoms with van der Waals surface area (Å²) in [4.78, 5) is 22.6. The third-order valence-corrected chi connectivity index (χ3v) is 2.95. The molecule has 2 N–H and O–H groups in total. The monoisotopic (exact) mass is 282 g/mol. The number of nitro benzene ring substituents is 1. The molecule has 0 bridgehead atoms. The summed E-state index contributed by atoms with van der Waals surface area (Å²) < 4.78 is 5.02. The quantitative estimate of drug-likeness (QED) is 0.582. The summed E-state index contributed by atoms with van der Waals surface area (Å²) in [6.45, 7) is 1.80. The minimum Gasteiger partial charge on any atom is -0.496 e. The van der Waals surface area contributed by atoms with Gasteiger partial charge in [-0.3, -0.25) is 14.9 Å². The van der Waals surface area contributed by atoms with Gasteiger partial charge in [0.1, 0.15) is 5.75 Å². The molecule has 1 amide bonds. The zero-order valence-corrected chi connectivity index (χ0v) is 11.5. The molecule has 0 radical (unpaired) electrons. The molecule has 1 aromatic carbocycles. The Morgan fingerprint density at radius 2 is 2.25 bits per heavy atom. The normalized spacial score (nSPS) is 11.8. The predicted molar refractivity (Wildman–Crippen MR) is 72.9 cm³/mol. The summed E-state index contributed by atoms with van der Waals surface area (Å²) in [6.07, 6.45) is 1.01. The number of carbonyl (C=O) groups is 1. The number of benzene rings is 1. The van der Waals surface area contributed by atoms with Crippen LogP contribution in [-0.4, -0.2) is 35.7 Å². The van der Waals surface area contributed by atoms with Gasteiger partial charge in [0.2, 0.25) is 0 Å². The Balaban J connectivity index is 3.10. The van der Waals surface area contributed by atoms with Gasteiger partial charge in [0.15, 0.2) is 5.56 Å². The van der Waals surface area contributed by atoms with E-state index in [4.69, 9.17) is 9.84 Å². The van der Waals surface area contributed by atoms with E-state index in [0.29, 0.717) is 12.8 Å². The molecule has 1 atom stereocenters. The second kappa shape index (κ2) is 7.44. The number of amides is 1. The van der Waals surface area contributed by atoms with E-state index >= 15 is 0 Å². The molecule has 1 rings (SSSR count). The van der Waals surface area contributed by atoms with Crippen LogP contribution in [0.4, 0.5) is 5.69 Å². The van der Waals surface area contributed by atoms with Crippen molar-refractivity contribution >= 4 is 11.6 Å². The second-order valence-electron chi connectivity index (χ2n) is 4.20. The Labute approximate surface area is 116 Å². The Bertz CT molecular complexity index is 490. The van der Waals surface area contributed by atoms with E-state index in [1.54, 1.807) is 0 Å².